The minimum Gasteiger partial charge on any atom is -0.352 e. The summed E-state index contributed by atoms with van der Waals surface area (Å²) in [4.78, 5) is 16.0. The number of benzene rings is 2. The van der Waals surface area contributed by atoms with Gasteiger partial charge in [0.25, 0.3) is 0 Å². The maximum atomic E-state index is 12.0. The number of rotatable bonds is 7. The molecule has 0 aliphatic rings. The molecule has 0 saturated carbocycles. The third-order valence-electron chi connectivity index (χ3n) is 3.96. The molecule has 1 heterocycles. The van der Waals surface area contributed by atoms with E-state index in [0.29, 0.717) is 36.0 Å². The van der Waals surface area contributed by atoms with Gasteiger partial charge in [-0.2, -0.15) is 5.10 Å². The summed E-state index contributed by atoms with van der Waals surface area (Å²) in [5.41, 5.74) is 3.09. The largest absolute Gasteiger partial charge is 0.352 e. The summed E-state index contributed by atoms with van der Waals surface area (Å²) in [6, 6.07) is 13.4. The Morgan fingerprint density at radius 2 is 1.85 bits per heavy atom. The smallest absolute Gasteiger partial charge is 0.220 e. The van der Waals surface area contributed by atoms with Gasteiger partial charge >= 0.3 is 0 Å². The van der Waals surface area contributed by atoms with E-state index in [1.54, 1.807) is 23.1 Å². The molecule has 1 amide bonds. The first-order valence-corrected chi connectivity index (χ1v) is 8.96. The van der Waals surface area contributed by atoms with Crippen molar-refractivity contribution in [3.05, 3.63) is 81.9 Å². The van der Waals surface area contributed by atoms with Crippen molar-refractivity contribution in [1.29, 1.82) is 0 Å². The number of aromatic nitrogens is 3. The molecule has 7 heteroatoms. The lowest BCUT2D eigenvalue weighted by Crippen LogP contribution is -2.23. The number of amides is 1. The Kier molecular flexibility index (Phi) is 6.26. The zero-order valence-electron chi connectivity index (χ0n) is 14.0. The molecule has 0 saturated heterocycles. The monoisotopic (exact) mass is 388 g/mol. The van der Waals surface area contributed by atoms with Crippen molar-refractivity contribution >= 4 is 29.1 Å². The molecule has 0 bridgehead atoms. The molecule has 26 heavy (non-hydrogen) atoms. The number of carbonyl (C=O) groups is 1. The molecule has 0 aliphatic carbocycles. The van der Waals surface area contributed by atoms with Gasteiger partial charge in [-0.15, -0.1) is 0 Å². The fraction of sp³-hybridized carbons (Fsp3) is 0.211. The normalized spacial score (nSPS) is 10.7. The number of nitrogens with one attached hydrogen (secondary N) is 1. The summed E-state index contributed by atoms with van der Waals surface area (Å²) < 4.78 is 1.76. The first-order chi connectivity index (χ1) is 12.6. The average molecular weight is 389 g/mol. The third-order valence-corrected chi connectivity index (χ3v) is 4.55. The lowest BCUT2D eigenvalue weighted by atomic mass is 10.1. The molecule has 1 N–H and O–H groups in total. The van der Waals surface area contributed by atoms with Gasteiger partial charge in [0.15, 0.2) is 0 Å². The predicted octanol–water partition coefficient (Wildman–Crippen LogP) is 3.88. The van der Waals surface area contributed by atoms with Crippen LogP contribution >= 0.6 is 23.2 Å². The Morgan fingerprint density at radius 3 is 2.54 bits per heavy atom. The van der Waals surface area contributed by atoms with Crippen LogP contribution in [0.25, 0.3) is 0 Å². The molecular formula is C19H18Cl2N4O. The van der Waals surface area contributed by atoms with Gasteiger partial charge in [0.1, 0.15) is 12.7 Å². The van der Waals surface area contributed by atoms with Crippen LogP contribution in [0.15, 0.2) is 55.1 Å². The highest BCUT2D eigenvalue weighted by Gasteiger charge is 2.06. The van der Waals surface area contributed by atoms with Crippen LogP contribution in [0.4, 0.5) is 0 Å². The molecule has 3 aromatic rings. The van der Waals surface area contributed by atoms with E-state index in [2.05, 4.69) is 15.4 Å². The van der Waals surface area contributed by atoms with Crippen molar-refractivity contribution in [3.8, 4) is 0 Å². The van der Waals surface area contributed by atoms with E-state index < -0.39 is 0 Å². The van der Waals surface area contributed by atoms with E-state index in [1.807, 2.05) is 30.3 Å². The highest BCUT2D eigenvalue weighted by molar-refractivity contribution is 6.35. The van der Waals surface area contributed by atoms with Gasteiger partial charge in [-0.25, -0.2) is 9.67 Å². The van der Waals surface area contributed by atoms with Crippen LogP contribution in [0.1, 0.15) is 23.1 Å². The molecule has 0 fully saturated rings. The van der Waals surface area contributed by atoms with Crippen LogP contribution in [0.5, 0.6) is 0 Å². The van der Waals surface area contributed by atoms with Crippen molar-refractivity contribution < 1.29 is 4.79 Å². The molecule has 0 atom stereocenters. The van der Waals surface area contributed by atoms with Gasteiger partial charge in [-0.3, -0.25) is 4.79 Å². The molecule has 1 aromatic heterocycles. The number of nitrogens with zero attached hydrogens (tertiary/aromatic N) is 3. The summed E-state index contributed by atoms with van der Waals surface area (Å²) in [5.74, 6) is -0.0114. The molecule has 3 rings (SSSR count). The van der Waals surface area contributed by atoms with Gasteiger partial charge in [0.05, 0.1) is 6.54 Å². The predicted molar refractivity (Wildman–Crippen MR) is 102 cm³/mol. The fourth-order valence-electron chi connectivity index (χ4n) is 2.53. The second-order valence-electron chi connectivity index (χ2n) is 5.92. The Hall–Kier alpha value is -2.37. The van der Waals surface area contributed by atoms with Gasteiger partial charge in [0.2, 0.25) is 5.91 Å². The maximum Gasteiger partial charge on any atom is 0.220 e. The quantitative estimate of drug-likeness (QED) is 0.667. The molecule has 0 spiro atoms. The molecule has 134 valence electrons. The Labute approximate surface area is 162 Å². The first-order valence-electron chi connectivity index (χ1n) is 8.21. The number of hydrogen-bond donors (Lipinski definition) is 1. The summed E-state index contributed by atoms with van der Waals surface area (Å²) >= 11 is 12.0. The van der Waals surface area contributed by atoms with Crippen LogP contribution in [-0.2, 0) is 24.3 Å². The van der Waals surface area contributed by atoms with Crippen molar-refractivity contribution in [2.24, 2.45) is 0 Å². The van der Waals surface area contributed by atoms with E-state index in [0.717, 1.165) is 16.7 Å². The minimum absolute atomic E-state index is 0.0114. The number of hydrogen-bond acceptors (Lipinski definition) is 3. The van der Waals surface area contributed by atoms with E-state index in [1.165, 1.54) is 6.33 Å². The maximum absolute atomic E-state index is 12.0. The van der Waals surface area contributed by atoms with Gasteiger partial charge in [0, 0.05) is 23.0 Å². The molecule has 0 radical (unpaired) electrons. The highest BCUT2D eigenvalue weighted by atomic mass is 35.5. The van der Waals surface area contributed by atoms with Crippen molar-refractivity contribution in [1.82, 2.24) is 20.1 Å². The number of halogens is 2. The van der Waals surface area contributed by atoms with Gasteiger partial charge < -0.3 is 5.32 Å². The SMILES string of the molecule is O=C(CCc1ccc(Cl)cc1Cl)NCc1ccc(Cn2cncn2)cc1. The second-order valence-corrected chi connectivity index (χ2v) is 6.77. The average Bonchev–Trinajstić information content (AvgIpc) is 3.13. The summed E-state index contributed by atoms with van der Waals surface area (Å²) in [6.45, 7) is 1.17. The van der Waals surface area contributed by atoms with E-state index >= 15 is 0 Å². The van der Waals surface area contributed by atoms with Crippen LogP contribution < -0.4 is 5.32 Å². The summed E-state index contributed by atoms with van der Waals surface area (Å²) in [7, 11) is 0. The molecule has 0 aliphatic heterocycles. The Balaban J connectivity index is 1.45. The second kappa shape index (κ2) is 8.83. The van der Waals surface area contributed by atoms with E-state index in [9.17, 15) is 4.79 Å². The molecule has 0 unspecified atom stereocenters. The first kappa shape index (κ1) is 18.4. The van der Waals surface area contributed by atoms with E-state index in [4.69, 9.17) is 23.2 Å². The molecule has 2 aromatic carbocycles. The fourth-order valence-corrected chi connectivity index (χ4v) is 3.03. The summed E-state index contributed by atoms with van der Waals surface area (Å²) in [6.07, 6.45) is 4.16. The Bertz CT molecular complexity index is 864. The molecular weight excluding hydrogens is 371 g/mol. The number of aryl methyl sites for hydroxylation is 1. The van der Waals surface area contributed by atoms with Gasteiger partial charge in [-0.1, -0.05) is 53.5 Å². The minimum atomic E-state index is -0.0114. The highest BCUT2D eigenvalue weighted by Crippen LogP contribution is 2.22. The van der Waals surface area contributed by atoms with Crippen LogP contribution in [-0.4, -0.2) is 20.7 Å². The number of carbonyl (C=O) groups excluding carboxylic acids is 1. The van der Waals surface area contributed by atoms with Crippen LogP contribution in [0.3, 0.4) is 0 Å². The molecule has 5 nitrogen and oxygen atoms in total. The van der Waals surface area contributed by atoms with Crippen molar-refractivity contribution in [2.75, 3.05) is 0 Å². The van der Waals surface area contributed by atoms with E-state index in [-0.39, 0.29) is 5.91 Å². The third kappa shape index (κ3) is 5.31. The topological polar surface area (TPSA) is 59.8 Å². The van der Waals surface area contributed by atoms with Crippen molar-refractivity contribution in [3.63, 3.8) is 0 Å². The Morgan fingerprint density at radius 1 is 1.08 bits per heavy atom. The lowest BCUT2D eigenvalue weighted by Gasteiger charge is -2.08. The van der Waals surface area contributed by atoms with Gasteiger partial charge in [-0.05, 0) is 35.2 Å². The summed E-state index contributed by atoms with van der Waals surface area (Å²) in [5, 5.41) is 8.20. The lowest BCUT2D eigenvalue weighted by molar-refractivity contribution is -0.121. The van der Waals surface area contributed by atoms with Crippen LogP contribution in [0, 0.1) is 0 Å². The standard InChI is InChI=1S/C19H18Cl2N4O/c20-17-7-5-16(18(21)9-17)6-8-19(26)23-10-14-1-3-15(4-2-14)11-25-13-22-12-24-25/h1-5,7,9,12-13H,6,8,10-11H2,(H,23,26). The zero-order valence-corrected chi connectivity index (χ0v) is 15.5. The van der Waals surface area contributed by atoms with Crippen LogP contribution in [0.2, 0.25) is 10.0 Å². The van der Waals surface area contributed by atoms with Crippen molar-refractivity contribution in [2.45, 2.75) is 25.9 Å². The zero-order chi connectivity index (χ0) is 18.4.